The number of benzene rings is 2. The van der Waals surface area contributed by atoms with Crippen molar-refractivity contribution in [1.82, 2.24) is 0 Å². The molecule has 3 rings (SSSR count). The molecule has 6 heteroatoms. The van der Waals surface area contributed by atoms with Gasteiger partial charge in [-0.15, -0.1) is 0 Å². The standard InChI is InChI=1S/C20H18F3NO2/c1-10(2)13-8-14-12(9-26-17(14)6-11(13)3)7-18(25)24-16-5-4-15(21)19(22)20(16)23/h4-6,8-10H,7H2,1-3H3,(H,24,25). The van der Waals surface area contributed by atoms with Crippen molar-refractivity contribution in [3.63, 3.8) is 0 Å². The van der Waals surface area contributed by atoms with Gasteiger partial charge in [-0.1, -0.05) is 13.8 Å². The molecule has 0 aliphatic carbocycles. The molecule has 0 bridgehead atoms. The van der Waals surface area contributed by atoms with Crippen LogP contribution in [0.15, 0.2) is 34.9 Å². The Morgan fingerprint density at radius 3 is 2.58 bits per heavy atom. The maximum atomic E-state index is 13.7. The molecular weight excluding hydrogens is 343 g/mol. The summed E-state index contributed by atoms with van der Waals surface area (Å²) in [5.74, 6) is -4.59. The number of amides is 1. The van der Waals surface area contributed by atoms with Crippen LogP contribution in [0.3, 0.4) is 0 Å². The topological polar surface area (TPSA) is 42.2 Å². The largest absolute Gasteiger partial charge is 0.464 e. The van der Waals surface area contributed by atoms with Crippen LogP contribution in [0, 0.1) is 24.4 Å². The van der Waals surface area contributed by atoms with Crippen LogP contribution in [0.5, 0.6) is 0 Å². The highest BCUT2D eigenvalue weighted by Gasteiger charge is 2.17. The molecule has 0 atom stereocenters. The molecule has 0 fully saturated rings. The second-order valence-corrected chi connectivity index (χ2v) is 6.57. The minimum atomic E-state index is -1.62. The van der Waals surface area contributed by atoms with Gasteiger partial charge in [-0.05, 0) is 48.2 Å². The summed E-state index contributed by atoms with van der Waals surface area (Å²) < 4.78 is 45.4. The molecule has 1 N–H and O–H groups in total. The molecule has 1 heterocycles. The SMILES string of the molecule is Cc1cc2occ(CC(=O)Nc3ccc(F)c(F)c3F)c2cc1C(C)C. The Hall–Kier alpha value is -2.76. The van der Waals surface area contributed by atoms with Gasteiger partial charge in [-0.3, -0.25) is 4.79 Å². The Labute approximate surface area is 148 Å². The minimum Gasteiger partial charge on any atom is -0.464 e. The van der Waals surface area contributed by atoms with Crippen molar-refractivity contribution in [1.29, 1.82) is 0 Å². The van der Waals surface area contributed by atoms with Crippen molar-refractivity contribution in [2.24, 2.45) is 0 Å². The van der Waals surface area contributed by atoms with E-state index in [9.17, 15) is 18.0 Å². The molecule has 3 aromatic rings. The number of hydrogen-bond donors (Lipinski definition) is 1. The molecule has 1 amide bonds. The van der Waals surface area contributed by atoms with E-state index in [0.29, 0.717) is 17.1 Å². The van der Waals surface area contributed by atoms with Gasteiger partial charge in [-0.2, -0.15) is 0 Å². The van der Waals surface area contributed by atoms with Crippen LogP contribution in [0.25, 0.3) is 11.0 Å². The van der Waals surface area contributed by atoms with Gasteiger partial charge >= 0.3 is 0 Å². The van der Waals surface area contributed by atoms with E-state index in [-0.39, 0.29) is 6.42 Å². The van der Waals surface area contributed by atoms with Crippen LogP contribution in [0.1, 0.15) is 36.5 Å². The lowest BCUT2D eigenvalue weighted by Gasteiger charge is -2.10. The van der Waals surface area contributed by atoms with Gasteiger partial charge in [0.15, 0.2) is 17.5 Å². The van der Waals surface area contributed by atoms with Gasteiger partial charge in [0.2, 0.25) is 5.91 Å². The molecule has 0 unspecified atom stereocenters. The van der Waals surface area contributed by atoms with Crippen LogP contribution in [-0.2, 0) is 11.2 Å². The van der Waals surface area contributed by atoms with Crippen molar-refractivity contribution < 1.29 is 22.4 Å². The Morgan fingerprint density at radius 1 is 1.15 bits per heavy atom. The number of halogens is 3. The van der Waals surface area contributed by atoms with Crippen LogP contribution < -0.4 is 5.32 Å². The molecule has 0 aliphatic rings. The molecule has 1 aromatic heterocycles. The predicted octanol–water partition coefficient (Wildman–Crippen LogP) is 5.46. The highest BCUT2D eigenvalue weighted by atomic mass is 19.2. The van der Waals surface area contributed by atoms with E-state index in [1.165, 1.54) is 6.26 Å². The van der Waals surface area contributed by atoms with Crippen molar-refractivity contribution in [3.05, 3.63) is 64.7 Å². The molecule has 0 aliphatic heterocycles. The van der Waals surface area contributed by atoms with Crippen LogP contribution in [-0.4, -0.2) is 5.91 Å². The fourth-order valence-electron chi connectivity index (χ4n) is 2.99. The van der Waals surface area contributed by atoms with E-state index in [1.807, 2.05) is 19.1 Å². The number of nitrogens with one attached hydrogen (secondary N) is 1. The number of carbonyl (C=O) groups excluding carboxylic acids is 1. The third-order valence-electron chi connectivity index (χ3n) is 4.32. The Bertz CT molecular complexity index is 992. The number of aryl methyl sites for hydroxylation is 1. The summed E-state index contributed by atoms with van der Waals surface area (Å²) in [4.78, 5) is 12.2. The highest BCUT2D eigenvalue weighted by Crippen LogP contribution is 2.29. The Morgan fingerprint density at radius 2 is 1.88 bits per heavy atom. The molecule has 26 heavy (non-hydrogen) atoms. The van der Waals surface area contributed by atoms with Crippen LogP contribution in [0.2, 0.25) is 0 Å². The van der Waals surface area contributed by atoms with Gasteiger partial charge < -0.3 is 9.73 Å². The second kappa shape index (κ2) is 6.86. The van der Waals surface area contributed by atoms with Crippen LogP contribution in [0.4, 0.5) is 18.9 Å². The summed E-state index contributed by atoms with van der Waals surface area (Å²) in [5, 5.41) is 3.07. The van der Waals surface area contributed by atoms with Crippen molar-refractivity contribution in [2.45, 2.75) is 33.1 Å². The summed E-state index contributed by atoms with van der Waals surface area (Å²) in [6.07, 6.45) is 1.40. The van der Waals surface area contributed by atoms with E-state index < -0.39 is 29.0 Å². The summed E-state index contributed by atoms with van der Waals surface area (Å²) >= 11 is 0. The minimum absolute atomic E-state index is 0.0773. The normalized spacial score (nSPS) is 11.3. The molecule has 136 valence electrons. The highest BCUT2D eigenvalue weighted by molar-refractivity contribution is 5.95. The number of furan rings is 1. The first kappa shape index (κ1) is 18.0. The quantitative estimate of drug-likeness (QED) is 0.627. The number of rotatable bonds is 4. The average molecular weight is 361 g/mol. The number of carbonyl (C=O) groups is 1. The van der Waals surface area contributed by atoms with Crippen LogP contribution >= 0.6 is 0 Å². The number of hydrogen-bond acceptors (Lipinski definition) is 2. The summed E-state index contributed by atoms with van der Waals surface area (Å²) in [6.45, 7) is 6.15. The molecular formula is C20H18F3NO2. The summed E-state index contributed by atoms with van der Waals surface area (Å²) in [5.41, 5.74) is 3.14. The Kier molecular flexibility index (Phi) is 4.76. The van der Waals surface area contributed by atoms with Gasteiger partial charge in [0, 0.05) is 10.9 Å². The van der Waals surface area contributed by atoms with E-state index in [2.05, 4.69) is 19.2 Å². The van der Waals surface area contributed by atoms with Gasteiger partial charge in [-0.25, -0.2) is 13.2 Å². The maximum Gasteiger partial charge on any atom is 0.229 e. The summed E-state index contributed by atoms with van der Waals surface area (Å²) in [7, 11) is 0. The molecule has 0 radical (unpaired) electrons. The number of fused-ring (bicyclic) bond motifs is 1. The first-order valence-corrected chi connectivity index (χ1v) is 8.22. The third kappa shape index (κ3) is 3.31. The zero-order valence-corrected chi connectivity index (χ0v) is 14.6. The monoisotopic (exact) mass is 361 g/mol. The molecule has 2 aromatic carbocycles. The van der Waals surface area contributed by atoms with E-state index in [1.54, 1.807) is 0 Å². The smallest absolute Gasteiger partial charge is 0.229 e. The fourth-order valence-corrected chi connectivity index (χ4v) is 2.99. The number of anilines is 1. The predicted molar refractivity (Wildman–Crippen MR) is 93.7 cm³/mol. The van der Waals surface area contributed by atoms with Crippen molar-refractivity contribution >= 4 is 22.6 Å². The molecule has 0 saturated carbocycles. The van der Waals surface area contributed by atoms with Crippen molar-refractivity contribution in [2.75, 3.05) is 5.32 Å². The third-order valence-corrected chi connectivity index (χ3v) is 4.32. The molecule has 0 saturated heterocycles. The van der Waals surface area contributed by atoms with Gasteiger partial charge in [0.25, 0.3) is 0 Å². The van der Waals surface area contributed by atoms with Gasteiger partial charge in [0.05, 0.1) is 18.4 Å². The maximum absolute atomic E-state index is 13.7. The first-order chi connectivity index (χ1) is 12.3. The van der Waals surface area contributed by atoms with E-state index in [0.717, 1.165) is 28.6 Å². The van der Waals surface area contributed by atoms with E-state index >= 15 is 0 Å². The molecule has 3 nitrogen and oxygen atoms in total. The van der Waals surface area contributed by atoms with Crippen molar-refractivity contribution in [3.8, 4) is 0 Å². The lowest BCUT2D eigenvalue weighted by atomic mass is 9.95. The van der Waals surface area contributed by atoms with E-state index in [4.69, 9.17) is 4.42 Å². The average Bonchev–Trinajstić information content (AvgIpc) is 2.96. The molecule has 0 spiro atoms. The zero-order chi connectivity index (χ0) is 19.0. The first-order valence-electron chi connectivity index (χ1n) is 8.22. The Balaban J connectivity index is 1.86. The zero-order valence-electron chi connectivity index (χ0n) is 14.6. The lowest BCUT2D eigenvalue weighted by Crippen LogP contribution is -2.16. The lowest BCUT2D eigenvalue weighted by molar-refractivity contribution is -0.115. The van der Waals surface area contributed by atoms with Gasteiger partial charge in [0.1, 0.15) is 5.58 Å². The fraction of sp³-hybridized carbons (Fsp3) is 0.250. The summed E-state index contributed by atoms with van der Waals surface area (Å²) in [6, 6.07) is 5.65. The second-order valence-electron chi connectivity index (χ2n) is 6.57.